The molecule has 3 aromatic heterocycles. The molecule has 0 unspecified atom stereocenters. The number of Topliss-reactive ketones (excluding diaryl/α,β-unsaturated/α-hetero) is 1. The highest BCUT2D eigenvalue weighted by Crippen LogP contribution is 2.33. The van der Waals surface area contributed by atoms with Gasteiger partial charge in [0.25, 0.3) is 0 Å². The molecule has 0 saturated carbocycles. The molecular formula is C21H16N4O4. The van der Waals surface area contributed by atoms with Gasteiger partial charge in [0.1, 0.15) is 5.65 Å². The number of carbonyl (C=O) groups is 2. The Morgan fingerprint density at radius 3 is 2.93 bits per heavy atom. The van der Waals surface area contributed by atoms with E-state index < -0.39 is 11.8 Å². The molecular weight excluding hydrogens is 372 g/mol. The number of hydrogen-bond donors (Lipinski definition) is 2. The zero-order valence-corrected chi connectivity index (χ0v) is 15.3. The second-order valence-corrected chi connectivity index (χ2v) is 6.85. The number of carboxylic acid groups (broad SMARTS) is 1. The summed E-state index contributed by atoms with van der Waals surface area (Å²) in [5.74, 6) is -1.89. The molecule has 2 aliphatic rings. The first-order chi connectivity index (χ1) is 14.1. The van der Waals surface area contributed by atoms with Crippen LogP contribution in [0.1, 0.15) is 16.8 Å². The quantitative estimate of drug-likeness (QED) is 0.523. The zero-order valence-electron chi connectivity index (χ0n) is 15.3. The predicted molar refractivity (Wildman–Crippen MR) is 103 cm³/mol. The van der Waals surface area contributed by atoms with Gasteiger partial charge in [-0.2, -0.15) is 0 Å². The fourth-order valence-electron chi connectivity index (χ4n) is 3.70. The van der Waals surface area contributed by atoms with Crippen LogP contribution in [0.2, 0.25) is 0 Å². The summed E-state index contributed by atoms with van der Waals surface area (Å²) >= 11 is 0. The van der Waals surface area contributed by atoms with Crippen LogP contribution in [0.25, 0.3) is 17.1 Å². The van der Waals surface area contributed by atoms with Crippen LogP contribution in [0.5, 0.6) is 0 Å². The lowest BCUT2D eigenvalue weighted by Crippen LogP contribution is -2.32. The minimum atomic E-state index is -1.30. The summed E-state index contributed by atoms with van der Waals surface area (Å²) < 4.78 is 5.80. The summed E-state index contributed by atoms with van der Waals surface area (Å²) in [5, 5.41) is 10.5. The Morgan fingerprint density at radius 1 is 1.24 bits per heavy atom. The van der Waals surface area contributed by atoms with E-state index in [1.54, 1.807) is 35.6 Å². The average molecular weight is 388 g/mol. The molecule has 5 rings (SSSR count). The summed E-state index contributed by atoms with van der Waals surface area (Å²) in [4.78, 5) is 38.0. The van der Waals surface area contributed by atoms with Crippen molar-refractivity contribution in [2.24, 2.45) is 0 Å². The topological polar surface area (TPSA) is 108 Å². The van der Waals surface area contributed by atoms with E-state index in [1.807, 2.05) is 18.2 Å². The number of carboxylic acids is 1. The number of ketones is 1. The highest BCUT2D eigenvalue weighted by molar-refractivity contribution is 6.26. The Balaban J connectivity index is 1.51. The fraction of sp³-hybridized carbons (Fsp3) is 0.143. The molecule has 8 heteroatoms. The van der Waals surface area contributed by atoms with Crippen LogP contribution in [0.3, 0.4) is 0 Å². The van der Waals surface area contributed by atoms with Gasteiger partial charge in [0.2, 0.25) is 11.7 Å². The minimum Gasteiger partial charge on any atom is -0.477 e. The number of pyridine rings is 2. The van der Waals surface area contributed by atoms with Gasteiger partial charge < -0.3 is 19.7 Å². The summed E-state index contributed by atoms with van der Waals surface area (Å²) in [6.45, 7) is 0.933. The van der Waals surface area contributed by atoms with E-state index in [2.05, 4.69) is 15.0 Å². The van der Waals surface area contributed by atoms with Gasteiger partial charge in [0.05, 0.1) is 12.2 Å². The van der Waals surface area contributed by atoms with Crippen molar-refractivity contribution in [3.8, 4) is 0 Å². The molecule has 3 aromatic rings. The number of nitrogens with zero attached hydrogens (tertiary/aromatic N) is 3. The van der Waals surface area contributed by atoms with Gasteiger partial charge in [0, 0.05) is 36.1 Å². The molecule has 0 atom stereocenters. The SMILES string of the molecule is O=C(O)C1=C(N2CCc3cccnc3C2)OC(=Cc2c[nH]c3ncccc23)C1=O. The molecule has 0 radical (unpaired) electrons. The lowest BCUT2D eigenvalue weighted by molar-refractivity contribution is -0.134. The average Bonchev–Trinajstić information content (AvgIpc) is 3.29. The van der Waals surface area contributed by atoms with Crippen molar-refractivity contribution >= 4 is 28.9 Å². The summed E-state index contributed by atoms with van der Waals surface area (Å²) in [6, 6.07) is 7.54. The number of aromatic nitrogens is 3. The molecule has 0 amide bonds. The van der Waals surface area contributed by atoms with E-state index in [4.69, 9.17) is 4.74 Å². The van der Waals surface area contributed by atoms with E-state index in [-0.39, 0.29) is 17.2 Å². The van der Waals surface area contributed by atoms with Gasteiger partial charge in [-0.05, 0) is 36.3 Å². The maximum atomic E-state index is 12.8. The second-order valence-electron chi connectivity index (χ2n) is 6.85. The normalized spacial score (nSPS) is 17.7. The first-order valence-electron chi connectivity index (χ1n) is 9.13. The number of fused-ring (bicyclic) bond motifs is 2. The summed E-state index contributed by atoms with van der Waals surface area (Å²) in [7, 11) is 0. The Morgan fingerprint density at radius 2 is 2.07 bits per heavy atom. The third-order valence-electron chi connectivity index (χ3n) is 5.12. The first-order valence-corrected chi connectivity index (χ1v) is 9.13. The highest BCUT2D eigenvalue weighted by Gasteiger charge is 2.39. The van der Waals surface area contributed by atoms with Crippen LogP contribution < -0.4 is 0 Å². The van der Waals surface area contributed by atoms with Gasteiger partial charge in [0.15, 0.2) is 11.3 Å². The van der Waals surface area contributed by atoms with E-state index in [0.29, 0.717) is 30.7 Å². The summed E-state index contributed by atoms with van der Waals surface area (Å²) in [5.41, 5.74) is 3.00. The van der Waals surface area contributed by atoms with Crippen molar-refractivity contribution in [1.29, 1.82) is 0 Å². The number of carbonyl (C=O) groups excluding carboxylic acids is 1. The maximum absolute atomic E-state index is 12.8. The largest absolute Gasteiger partial charge is 0.477 e. The number of H-pyrrole nitrogens is 1. The molecule has 0 fully saturated rings. The van der Waals surface area contributed by atoms with Crippen molar-refractivity contribution in [2.75, 3.05) is 6.54 Å². The first kappa shape index (κ1) is 17.2. The molecule has 0 saturated heterocycles. The Kier molecular flexibility index (Phi) is 3.90. The van der Waals surface area contributed by atoms with Crippen LogP contribution in [-0.2, 0) is 27.3 Å². The van der Waals surface area contributed by atoms with Crippen molar-refractivity contribution in [3.63, 3.8) is 0 Å². The van der Waals surface area contributed by atoms with Gasteiger partial charge in [-0.3, -0.25) is 9.78 Å². The van der Waals surface area contributed by atoms with Crippen LogP contribution in [0.4, 0.5) is 0 Å². The van der Waals surface area contributed by atoms with Gasteiger partial charge >= 0.3 is 5.97 Å². The smallest absolute Gasteiger partial charge is 0.345 e. The van der Waals surface area contributed by atoms with E-state index >= 15 is 0 Å². The van der Waals surface area contributed by atoms with Crippen LogP contribution >= 0.6 is 0 Å². The third-order valence-corrected chi connectivity index (χ3v) is 5.12. The van der Waals surface area contributed by atoms with Crippen molar-refractivity contribution in [3.05, 3.63) is 76.9 Å². The third kappa shape index (κ3) is 2.85. The number of aliphatic carboxylic acids is 1. The van der Waals surface area contributed by atoms with Crippen molar-refractivity contribution in [2.45, 2.75) is 13.0 Å². The zero-order chi connectivity index (χ0) is 20.0. The molecule has 0 bridgehead atoms. The molecule has 0 aliphatic carbocycles. The molecule has 8 nitrogen and oxygen atoms in total. The molecule has 0 aromatic carbocycles. The van der Waals surface area contributed by atoms with Gasteiger partial charge in [-0.25, -0.2) is 9.78 Å². The number of hydrogen-bond acceptors (Lipinski definition) is 6. The number of aromatic amines is 1. The molecule has 5 heterocycles. The predicted octanol–water partition coefficient (Wildman–Crippen LogP) is 2.25. The lowest BCUT2D eigenvalue weighted by Gasteiger charge is -2.29. The Labute approximate surface area is 165 Å². The highest BCUT2D eigenvalue weighted by atomic mass is 16.5. The lowest BCUT2D eigenvalue weighted by atomic mass is 10.0. The molecule has 2 aliphatic heterocycles. The van der Waals surface area contributed by atoms with Gasteiger partial charge in [-0.15, -0.1) is 0 Å². The Hall–Kier alpha value is -3.94. The standard InChI is InChI=1S/C21H16N4O4/c26-18-16(9-13-10-24-19-14(13)4-2-7-23-19)29-20(17(18)21(27)28)25-8-5-12-3-1-6-22-15(12)11-25/h1-4,6-7,9-10H,5,8,11H2,(H,23,24)(H,27,28). The summed E-state index contributed by atoms with van der Waals surface area (Å²) in [6.07, 6.45) is 7.32. The van der Waals surface area contributed by atoms with Crippen molar-refractivity contribution in [1.82, 2.24) is 19.9 Å². The van der Waals surface area contributed by atoms with Gasteiger partial charge in [-0.1, -0.05) is 6.07 Å². The van der Waals surface area contributed by atoms with E-state index in [1.165, 1.54) is 0 Å². The monoisotopic (exact) mass is 388 g/mol. The van der Waals surface area contributed by atoms with E-state index in [9.17, 15) is 14.7 Å². The molecule has 29 heavy (non-hydrogen) atoms. The number of ether oxygens (including phenoxy) is 1. The van der Waals surface area contributed by atoms with Crippen LogP contribution in [0.15, 0.2) is 60.1 Å². The maximum Gasteiger partial charge on any atom is 0.345 e. The second kappa shape index (κ2) is 6.59. The Bertz CT molecular complexity index is 1220. The molecule has 2 N–H and O–H groups in total. The molecule has 144 valence electrons. The minimum absolute atomic E-state index is 0.0195. The van der Waals surface area contributed by atoms with Crippen LogP contribution in [0, 0.1) is 0 Å². The van der Waals surface area contributed by atoms with Crippen LogP contribution in [-0.4, -0.2) is 43.3 Å². The molecule has 0 spiro atoms. The number of nitrogens with one attached hydrogen (secondary N) is 1. The van der Waals surface area contributed by atoms with E-state index in [0.717, 1.165) is 16.6 Å². The number of allylic oxidation sites excluding steroid dienone is 1. The fourth-order valence-corrected chi connectivity index (χ4v) is 3.70. The number of rotatable bonds is 3. The van der Waals surface area contributed by atoms with Crippen molar-refractivity contribution < 1.29 is 19.4 Å².